The van der Waals surface area contributed by atoms with Gasteiger partial charge in [0.2, 0.25) is 0 Å². The topological polar surface area (TPSA) is 36.5 Å². The highest BCUT2D eigenvalue weighted by Crippen LogP contribution is 2.19. The molecule has 0 radical (unpaired) electrons. The number of thiocarbonyl (C=S) groups is 1. The van der Waals surface area contributed by atoms with Crippen LogP contribution in [0.1, 0.15) is 0 Å². The molecule has 1 aliphatic rings. The predicted molar refractivity (Wildman–Crippen MR) is 85.6 cm³/mol. The van der Waals surface area contributed by atoms with Crippen LogP contribution in [0.4, 0.5) is 10.1 Å². The predicted octanol–water partition coefficient (Wildman–Crippen LogP) is 2.21. The maximum atomic E-state index is 13.6. The van der Waals surface area contributed by atoms with Crippen LogP contribution < -0.4 is 10.6 Å². The largest absolute Gasteiger partial charge is 0.379 e. The minimum absolute atomic E-state index is 0.336. The average molecular weight is 362 g/mol. The summed E-state index contributed by atoms with van der Waals surface area (Å²) in [7, 11) is 0. The second-order valence-electron chi connectivity index (χ2n) is 4.46. The first-order chi connectivity index (χ1) is 9.65. The summed E-state index contributed by atoms with van der Waals surface area (Å²) in [6.07, 6.45) is 0. The number of hydrogen-bond acceptors (Lipinski definition) is 3. The number of morpholine rings is 1. The third-order valence-electron chi connectivity index (χ3n) is 3.00. The molecule has 1 aliphatic heterocycles. The standard InChI is InChI=1S/C13H17BrFN3OS/c14-10-1-2-12(11(15)9-10)17-13(20)16-3-4-18-5-7-19-8-6-18/h1-2,9H,3-8H2,(H2,16,17,20). The Kier molecular flexibility index (Phi) is 6.15. The number of rotatable bonds is 4. The molecule has 0 aliphatic carbocycles. The van der Waals surface area contributed by atoms with Crippen molar-refractivity contribution in [2.75, 3.05) is 44.7 Å². The van der Waals surface area contributed by atoms with Gasteiger partial charge in [0.1, 0.15) is 5.82 Å². The molecule has 0 bridgehead atoms. The van der Waals surface area contributed by atoms with Crippen molar-refractivity contribution >= 4 is 38.9 Å². The van der Waals surface area contributed by atoms with Crippen molar-refractivity contribution in [3.05, 3.63) is 28.5 Å². The average Bonchev–Trinajstić information content (AvgIpc) is 2.43. The van der Waals surface area contributed by atoms with E-state index in [1.165, 1.54) is 6.07 Å². The normalized spacial score (nSPS) is 15.9. The van der Waals surface area contributed by atoms with E-state index in [-0.39, 0.29) is 5.82 Å². The van der Waals surface area contributed by atoms with E-state index in [4.69, 9.17) is 17.0 Å². The number of anilines is 1. The Balaban J connectivity index is 1.72. The fourth-order valence-electron chi connectivity index (χ4n) is 1.91. The second-order valence-corrected chi connectivity index (χ2v) is 5.78. The minimum atomic E-state index is -0.336. The van der Waals surface area contributed by atoms with Crippen LogP contribution in [-0.4, -0.2) is 49.4 Å². The fourth-order valence-corrected chi connectivity index (χ4v) is 2.45. The number of ether oxygens (including phenoxy) is 1. The van der Waals surface area contributed by atoms with E-state index >= 15 is 0 Å². The van der Waals surface area contributed by atoms with Crippen LogP contribution in [0.3, 0.4) is 0 Å². The first-order valence-corrected chi connectivity index (χ1v) is 7.65. The second kappa shape index (κ2) is 7.87. The highest BCUT2D eigenvalue weighted by Gasteiger charge is 2.10. The molecule has 110 valence electrons. The summed E-state index contributed by atoms with van der Waals surface area (Å²) in [5.41, 5.74) is 0.372. The Morgan fingerprint density at radius 2 is 2.15 bits per heavy atom. The molecule has 1 fully saturated rings. The molecule has 0 saturated carbocycles. The van der Waals surface area contributed by atoms with Crippen LogP contribution in [0, 0.1) is 5.82 Å². The van der Waals surface area contributed by atoms with Crippen LogP contribution in [0.5, 0.6) is 0 Å². The van der Waals surface area contributed by atoms with Gasteiger partial charge < -0.3 is 15.4 Å². The summed E-state index contributed by atoms with van der Waals surface area (Å²) in [5.74, 6) is -0.336. The molecule has 1 saturated heterocycles. The molecule has 1 heterocycles. The van der Waals surface area contributed by atoms with Crippen LogP contribution in [-0.2, 0) is 4.74 Å². The van der Waals surface area contributed by atoms with E-state index in [9.17, 15) is 4.39 Å². The summed E-state index contributed by atoms with van der Waals surface area (Å²) in [6, 6.07) is 4.82. The van der Waals surface area contributed by atoms with Crippen LogP contribution in [0.25, 0.3) is 0 Å². The van der Waals surface area contributed by atoms with Gasteiger partial charge in [-0.1, -0.05) is 15.9 Å². The van der Waals surface area contributed by atoms with Crippen LogP contribution in [0.2, 0.25) is 0 Å². The molecule has 1 aromatic carbocycles. The van der Waals surface area contributed by atoms with Crippen molar-refractivity contribution in [3.8, 4) is 0 Å². The number of benzene rings is 1. The lowest BCUT2D eigenvalue weighted by atomic mass is 10.3. The Hall–Kier alpha value is -0.760. The highest BCUT2D eigenvalue weighted by atomic mass is 79.9. The minimum Gasteiger partial charge on any atom is -0.379 e. The lowest BCUT2D eigenvalue weighted by Crippen LogP contribution is -2.42. The van der Waals surface area contributed by atoms with E-state index in [2.05, 4.69) is 31.5 Å². The van der Waals surface area contributed by atoms with Crippen molar-refractivity contribution in [2.24, 2.45) is 0 Å². The van der Waals surface area contributed by atoms with E-state index in [1.807, 2.05) is 0 Å². The number of halogens is 2. The van der Waals surface area contributed by atoms with Gasteiger partial charge in [-0.05, 0) is 30.4 Å². The van der Waals surface area contributed by atoms with Gasteiger partial charge in [-0.25, -0.2) is 4.39 Å². The lowest BCUT2D eigenvalue weighted by molar-refractivity contribution is 0.0389. The Morgan fingerprint density at radius 3 is 2.85 bits per heavy atom. The number of nitrogens with one attached hydrogen (secondary N) is 2. The first-order valence-electron chi connectivity index (χ1n) is 6.45. The Morgan fingerprint density at radius 1 is 1.40 bits per heavy atom. The molecule has 2 N–H and O–H groups in total. The fraction of sp³-hybridized carbons (Fsp3) is 0.462. The summed E-state index contributed by atoms with van der Waals surface area (Å²) < 4.78 is 19.6. The van der Waals surface area contributed by atoms with Gasteiger partial charge in [0, 0.05) is 30.7 Å². The van der Waals surface area contributed by atoms with Gasteiger partial charge in [-0.2, -0.15) is 0 Å². The molecule has 1 aromatic rings. The molecule has 2 rings (SSSR count). The quantitative estimate of drug-likeness (QED) is 0.804. The molecular weight excluding hydrogens is 345 g/mol. The first kappa shape index (κ1) is 15.6. The Labute approximate surface area is 131 Å². The smallest absolute Gasteiger partial charge is 0.170 e. The molecule has 0 atom stereocenters. The number of nitrogens with zero attached hydrogens (tertiary/aromatic N) is 1. The zero-order chi connectivity index (χ0) is 14.4. The van der Waals surface area contributed by atoms with Gasteiger partial charge in [-0.15, -0.1) is 0 Å². The van der Waals surface area contributed by atoms with Gasteiger partial charge in [0.15, 0.2) is 5.11 Å². The highest BCUT2D eigenvalue weighted by molar-refractivity contribution is 9.10. The third kappa shape index (κ3) is 4.97. The third-order valence-corrected chi connectivity index (χ3v) is 3.74. The summed E-state index contributed by atoms with van der Waals surface area (Å²) in [6.45, 7) is 5.09. The summed E-state index contributed by atoms with van der Waals surface area (Å²) in [5, 5.41) is 6.37. The molecule has 0 unspecified atom stereocenters. The zero-order valence-corrected chi connectivity index (χ0v) is 13.4. The van der Waals surface area contributed by atoms with Crippen LogP contribution >= 0.6 is 28.1 Å². The van der Waals surface area contributed by atoms with Gasteiger partial charge in [0.25, 0.3) is 0 Å². The summed E-state index contributed by atoms with van der Waals surface area (Å²) >= 11 is 8.37. The molecule has 0 aromatic heterocycles. The SMILES string of the molecule is Fc1cc(Br)ccc1NC(=S)NCCN1CCOCC1. The molecule has 4 nitrogen and oxygen atoms in total. The molecular formula is C13H17BrFN3OS. The maximum Gasteiger partial charge on any atom is 0.170 e. The van der Waals surface area contributed by atoms with Crippen molar-refractivity contribution in [1.29, 1.82) is 0 Å². The van der Waals surface area contributed by atoms with E-state index in [1.54, 1.807) is 12.1 Å². The van der Waals surface area contributed by atoms with Gasteiger partial charge in [-0.3, -0.25) is 4.90 Å². The number of hydrogen-bond donors (Lipinski definition) is 2. The van der Waals surface area contributed by atoms with E-state index in [0.29, 0.717) is 15.3 Å². The van der Waals surface area contributed by atoms with Gasteiger partial charge in [0.05, 0.1) is 18.9 Å². The monoisotopic (exact) mass is 361 g/mol. The van der Waals surface area contributed by atoms with Crippen molar-refractivity contribution < 1.29 is 9.13 Å². The van der Waals surface area contributed by atoms with Crippen molar-refractivity contribution in [1.82, 2.24) is 10.2 Å². The van der Waals surface area contributed by atoms with E-state index < -0.39 is 0 Å². The molecule has 0 amide bonds. The van der Waals surface area contributed by atoms with E-state index in [0.717, 1.165) is 39.4 Å². The summed E-state index contributed by atoms with van der Waals surface area (Å²) in [4.78, 5) is 2.30. The molecule has 7 heteroatoms. The molecule has 0 spiro atoms. The van der Waals surface area contributed by atoms with Crippen molar-refractivity contribution in [2.45, 2.75) is 0 Å². The lowest BCUT2D eigenvalue weighted by Gasteiger charge is -2.26. The maximum absolute atomic E-state index is 13.6. The van der Waals surface area contributed by atoms with Crippen LogP contribution in [0.15, 0.2) is 22.7 Å². The zero-order valence-electron chi connectivity index (χ0n) is 11.0. The Bertz CT molecular complexity index is 469. The molecule has 20 heavy (non-hydrogen) atoms. The van der Waals surface area contributed by atoms with Gasteiger partial charge >= 0.3 is 0 Å². The van der Waals surface area contributed by atoms with Crippen molar-refractivity contribution in [3.63, 3.8) is 0 Å².